The van der Waals surface area contributed by atoms with Gasteiger partial charge in [-0.05, 0) is 34.1 Å². The Balaban J connectivity index is 0.000000368. The number of rotatable bonds is 10. The average Bonchev–Trinajstić information content (AvgIpc) is 3.14. The molecule has 2 N–H and O–H groups in total. The first-order chi connectivity index (χ1) is 26.6. The number of aliphatic imine (C=N–C) groups is 2. The molecule has 4 rings (SSSR count). The average molecular weight is 882 g/mol. The van der Waals surface area contributed by atoms with Gasteiger partial charge >= 0.3 is 35.6 Å². The molecule has 0 radical (unpaired) electrons. The van der Waals surface area contributed by atoms with Gasteiger partial charge in [0.1, 0.15) is 36.1 Å². The van der Waals surface area contributed by atoms with Gasteiger partial charge in [0, 0.05) is 23.6 Å². The molecule has 0 amide bonds. The summed E-state index contributed by atoms with van der Waals surface area (Å²) in [4.78, 5) is 7.02. The molecular formula is C40H38Cl2F8N2O4Ti. The Kier molecular flexibility index (Phi) is 18.3. The summed E-state index contributed by atoms with van der Waals surface area (Å²) in [6.45, 7) is 17.1. The van der Waals surface area contributed by atoms with E-state index in [1.807, 2.05) is 41.5 Å². The van der Waals surface area contributed by atoms with E-state index in [4.69, 9.17) is 18.6 Å². The van der Waals surface area contributed by atoms with Crippen molar-refractivity contribution in [3.8, 4) is 23.0 Å². The maximum absolute atomic E-state index is 14.1. The third kappa shape index (κ3) is 12.3. The van der Waals surface area contributed by atoms with E-state index >= 15 is 0 Å². The molecule has 0 aliphatic heterocycles. The SMILES string of the molecule is C=CCOc1c(F)c(F)c(N=Cc2cccc(C(C)(C)C)c2O)c(F)c1F.C=CCOc1c(F)c(F)c(N=Cc2cccc(C(C)(C)C)c2O)c(F)c1F.[Cl][Ti][Cl]. The number of phenolic OH excluding ortho intramolecular Hbond substituents is 2. The number of aromatic hydroxyl groups is 2. The van der Waals surface area contributed by atoms with Gasteiger partial charge in [-0.1, -0.05) is 91.1 Å². The van der Waals surface area contributed by atoms with Crippen LogP contribution >= 0.6 is 18.6 Å². The van der Waals surface area contributed by atoms with Gasteiger partial charge in [-0.2, -0.15) is 17.6 Å². The van der Waals surface area contributed by atoms with Crippen molar-refractivity contribution in [2.24, 2.45) is 9.98 Å². The summed E-state index contributed by atoms with van der Waals surface area (Å²) in [5.41, 5.74) is -1.65. The van der Waals surface area contributed by atoms with Gasteiger partial charge in [-0.25, -0.2) is 27.5 Å². The second kappa shape index (κ2) is 21.4. The van der Waals surface area contributed by atoms with Gasteiger partial charge < -0.3 is 19.7 Å². The summed E-state index contributed by atoms with van der Waals surface area (Å²) in [6, 6.07) is 9.55. The molecule has 306 valence electrons. The Morgan fingerprint density at radius 3 is 1.11 bits per heavy atom. The van der Waals surface area contributed by atoms with E-state index in [-0.39, 0.29) is 35.8 Å². The van der Waals surface area contributed by atoms with Crippen molar-refractivity contribution >= 4 is 42.4 Å². The van der Waals surface area contributed by atoms with Crippen LogP contribution in [0.3, 0.4) is 0 Å². The number of nitrogens with zero attached hydrogens (tertiary/aromatic N) is 2. The summed E-state index contributed by atoms with van der Waals surface area (Å²) in [6.07, 6.45) is 4.22. The topological polar surface area (TPSA) is 83.6 Å². The molecule has 0 unspecified atom stereocenters. The Labute approximate surface area is 341 Å². The molecule has 0 aliphatic carbocycles. The zero-order valence-electron chi connectivity index (χ0n) is 31.5. The number of hydrogen-bond donors (Lipinski definition) is 2. The van der Waals surface area contributed by atoms with Crippen LogP contribution in [0.5, 0.6) is 23.0 Å². The molecule has 0 saturated heterocycles. The first kappa shape index (κ1) is 48.8. The van der Waals surface area contributed by atoms with Crippen LogP contribution in [-0.2, 0) is 27.9 Å². The van der Waals surface area contributed by atoms with Crippen LogP contribution in [0.25, 0.3) is 0 Å². The summed E-state index contributed by atoms with van der Waals surface area (Å²) in [5, 5.41) is 20.7. The molecule has 6 nitrogen and oxygen atoms in total. The standard InChI is InChI=1S/2C20H19F4NO2.2ClH.Ti/c2*1-5-9-27-19-15(23)13(21)17(14(22)16(19)24)25-10-11-7-6-8-12(18(11)26)20(2,3)4;;;/h2*5-8,10,26H,1,9H2,2-4H3;2*1H;/q;;;;+2/p-2. The van der Waals surface area contributed by atoms with Crippen molar-refractivity contribution < 1.29 is 71.8 Å². The fourth-order valence-corrected chi connectivity index (χ4v) is 4.77. The molecule has 0 fully saturated rings. The van der Waals surface area contributed by atoms with Crippen molar-refractivity contribution in [1.29, 1.82) is 0 Å². The molecule has 4 aromatic carbocycles. The molecule has 0 aromatic heterocycles. The number of benzene rings is 4. The molecular weight excluding hydrogens is 843 g/mol. The Morgan fingerprint density at radius 2 is 0.860 bits per heavy atom. The molecule has 0 heterocycles. The Morgan fingerprint density at radius 1 is 0.579 bits per heavy atom. The molecule has 4 aromatic rings. The predicted octanol–water partition coefficient (Wildman–Crippen LogP) is 12.5. The number of ether oxygens (including phenoxy) is 2. The number of halogens is 10. The molecule has 0 spiro atoms. The van der Waals surface area contributed by atoms with Gasteiger partial charge in [-0.15, -0.1) is 0 Å². The Bertz CT molecular complexity index is 1930. The van der Waals surface area contributed by atoms with E-state index in [2.05, 4.69) is 32.6 Å². The number of hydrogen-bond acceptors (Lipinski definition) is 6. The van der Waals surface area contributed by atoms with E-state index in [1.165, 1.54) is 24.3 Å². The van der Waals surface area contributed by atoms with Crippen LogP contribution in [0.2, 0.25) is 0 Å². The zero-order chi connectivity index (χ0) is 43.4. The van der Waals surface area contributed by atoms with Crippen molar-refractivity contribution in [2.75, 3.05) is 13.2 Å². The van der Waals surface area contributed by atoms with Gasteiger partial charge in [0.15, 0.2) is 34.8 Å². The quantitative estimate of drug-likeness (QED) is 0.0546. The van der Waals surface area contributed by atoms with Crippen LogP contribution < -0.4 is 9.47 Å². The van der Waals surface area contributed by atoms with Gasteiger partial charge in [0.05, 0.1) is 0 Å². The van der Waals surface area contributed by atoms with E-state index in [0.29, 0.717) is 11.1 Å². The number of phenols is 2. The van der Waals surface area contributed by atoms with E-state index in [0.717, 1.165) is 12.4 Å². The third-order valence-electron chi connectivity index (χ3n) is 7.51. The van der Waals surface area contributed by atoms with Gasteiger partial charge in [0.2, 0.25) is 23.3 Å². The fourth-order valence-electron chi connectivity index (χ4n) is 4.77. The molecule has 57 heavy (non-hydrogen) atoms. The number of para-hydroxylation sites is 2. The van der Waals surface area contributed by atoms with Crippen molar-refractivity contribution in [3.05, 3.63) is 130 Å². The summed E-state index contributed by atoms with van der Waals surface area (Å²) >= 11 is -0.556. The molecule has 0 aliphatic rings. The third-order valence-corrected chi connectivity index (χ3v) is 7.51. The molecule has 0 atom stereocenters. The van der Waals surface area contributed by atoms with Crippen LogP contribution in [0.4, 0.5) is 46.5 Å². The summed E-state index contributed by atoms with van der Waals surface area (Å²) < 4.78 is 122. The van der Waals surface area contributed by atoms with Crippen LogP contribution in [0.1, 0.15) is 63.8 Å². The van der Waals surface area contributed by atoms with E-state index < -0.39 is 97.3 Å². The van der Waals surface area contributed by atoms with Crippen LogP contribution in [0, 0.1) is 46.5 Å². The molecule has 0 bridgehead atoms. The van der Waals surface area contributed by atoms with Crippen molar-refractivity contribution in [3.63, 3.8) is 0 Å². The predicted molar refractivity (Wildman–Crippen MR) is 204 cm³/mol. The van der Waals surface area contributed by atoms with Crippen molar-refractivity contribution in [2.45, 2.75) is 52.4 Å². The first-order valence-corrected chi connectivity index (χ1v) is 20.8. The minimum absolute atomic E-state index is 0.138. The van der Waals surface area contributed by atoms with Gasteiger partial charge in [0.25, 0.3) is 0 Å². The first-order valence-electron chi connectivity index (χ1n) is 16.5. The zero-order valence-corrected chi connectivity index (χ0v) is 34.6. The summed E-state index contributed by atoms with van der Waals surface area (Å²) in [7, 11) is 9.78. The Hall–Kier alpha value is -4.37. The minimum atomic E-state index is -1.70. The van der Waals surface area contributed by atoms with E-state index in [1.54, 1.807) is 24.3 Å². The van der Waals surface area contributed by atoms with E-state index in [9.17, 15) is 45.3 Å². The maximum atomic E-state index is 14.1. The summed E-state index contributed by atoms with van der Waals surface area (Å²) in [5.74, 6) is -16.2. The second-order valence-electron chi connectivity index (χ2n) is 13.6. The van der Waals surface area contributed by atoms with Crippen LogP contribution in [0.15, 0.2) is 71.7 Å². The van der Waals surface area contributed by atoms with Crippen LogP contribution in [-0.4, -0.2) is 35.9 Å². The normalized spacial score (nSPS) is 11.4. The monoisotopic (exact) mass is 880 g/mol. The molecule has 0 saturated carbocycles. The molecule has 17 heteroatoms. The van der Waals surface area contributed by atoms with Gasteiger partial charge in [-0.3, -0.25) is 0 Å². The van der Waals surface area contributed by atoms with Crippen molar-refractivity contribution in [1.82, 2.24) is 0 Å². The fraction of sp³-hybridized carbons (Fsp3) is 0.250. The second-order valence-corrected chi connectivity index (χ2v) is 16.2.